The number of hydrogen-bond donors (Lipinski definition) is 1. The number of ether oxygens (including phenoxy) is 6. The highest BCUT2D eigenvalue weighted by Crippen LogP contribution is 2.19. The minimum absolute atomic E-state index is 0.0395. The minimum atomic E-state index is -0.824. The van der Waals surface area contributed by atoms with Crippen molar-refractivity contribution < 1.29 is 52.4 Å². The van der Waals surface area contributed by atoms with Crippen LogP contribution < -0.4 is 5.32 Å². The van der Waals surface area contributed by atoms with Crippen molar-refractivity contribution in [3.05, 3.63) is 0 Å². The van der Waals surface area contributed by atoms with Crippen molar-refractivity contribution in [3.63, 3.8) is 0 Å². The zero-order valence-corrected chi connectivity index (χ0v) is 44.5. The number of carbonyl (C=O) groups is 5. The average molecular weight is 969 g/mol. The van der Waals surface area contributed by atoms with E-state index in [1.54, 1.807) is 0 Å². The molecule has 13 heteroatoms. The Hall–Kier alpha value is -3.09. The van der Waals surface area contributed by atoms with Gasteiger partial charge < -0.3 is 38.6 Å². The molecule has 68 heavy (non-hydrogen) atoms. The van der Waals surface area contributed by atoms with E-state index in [1.165, 1.54) is 103 Å². The third-order valence-electron chi connectivity index (χ3n) is 12.5. The van der Waals surface area contributed by atoms with Crippen LogP contribution in [0.3, 0.4) is 0 Å². The highest BCUT2D eigenvalue weighted by molar-refractivity contribution is 5.70. The maximum Gasteiger partial charge on any atom is 0.508 e. The highest BCUT2D eigenvalue weighted by Gasteiger charge is 2.19. The van der Waals surface area contributed by atoms with E-state index >= 15 is 0 Å². The third-order valence-corrected chi connectivity index (χ3v) is 12.5. The molecule has 0 aliphatic rings. The van der Waals surface area contributed by atoms with Gasteiger partial charge >= 0.3 is 30.2 Å². The lowest BCUT2D eigenvalue weighted by Gasteiger charge is -2.18. The third kappa shape index (κ3) is 45.4. The summed E-state index contributed by atoms with van der Waals surface area (Å²) in [6.45, 7) is 14.2. The fraction of sp³-hybridized carbons (Fsp3) is 0.909. The van der Waals surface area contributed by atoms with Crippen LogP contribution in [0.2, 0.25) is 0 Å². The van der Waals surface area contributed by atoms with Crippen molar-refractivity contribution in [2.45, 2.75) is 259 Å². The molecule has 1 atom stereocenters. The number of alkyl carbamates (subject to hydrolysis) is 1. The molecule has 0 aromatic heterocycles. The van der Waals surface area contributed by atoms with Crippen LogP contribution in [0.25, 0.3) is 0 Å². The van der Waals surface area contributed by atoms with E-state index in [-0.39, 0.29) is 50.9 Å². The van der Waals surface area contributed by atoms with Gasteiger partial charge in [-0.2, -0.15) is 0 Å². The molecule has 1 unspecified atom stereocenters. The number of amides is 1. The van der Waals surface area contributed by atoms with Gasteiger partial charge in [0, 0.05) is 32.4 Å². The van der Waals surface area contributed by atoms with Gasteiger partial charge in [-0.25, -0.2) is 9.59 Å². The Balaban J connectivity index is 4.57. The van der Waals surface area contributed by atoms with Gasteiger partial charge in [0.2, 0.25) is 0 Å². The van der Waals surface area contributed by atoms with Gasteiger partial charge in [0.15, 0.2) is 0 Å². The molecule has 0 radical (unpaired) electrons. The fourth-order valence-electron chi connectivity index (χ4n) is 8.02. The topological polar surface area (TPSA) is 156 Å². The number of esters is 3. The molecule has 0 aliphatic carbocycles. The molecule has 0 heterocycles. The lowest BCUT2D eigenvalue weighted by molar-refractivity contribution is -0.150. The maximum absolute atomic E-state index is 12.8. The second-order valence-electron chi connectivity index (χ2n) is 18.9. The van der Waals surface area contributed by atoms with E-state index in [4.69, 9.17) is 28.4 Å². The Labute approximate surface area is 415 Å². The van der Waals surface area contributed by atoms with E-state index in [0.29, 0.717) is 51.7 Å². The molecular formula is C55H104N2O11. The summed E-state index contributed by atoms with van der Waals surface area (Å²) in [7, 11) is 0. The summed E-state index contributed by atoms with van der Waals surface area (Å²) in [5, 5.41) is 2.78. The Morgan fingerprint density at radius 1 is 0.412 bits per heavy atom. The fourth-order valence-corrected chi connectivity index (χ4v) is 8.02. The molecule has 0 aliphatic heterocycles. The molecular weight excluding hydrogens is 865 g/mol. The Kier molecular flexibility index (Phi) is 48.0. The number of unbranched alkanes of at least 4 members (excludes halogenated alkanes) is 23. The Bertz CT molecular complexity index is 1170. The van der Waals surface area contributed by atoms with Gasteiger partial charge in [0.1, 0.15) is 25.9 Å². The molecule has 0 fully saturated rings. The molecule has 0 aromatic rings. The zero-order valence-electron chi connectivity index (χ0n) is 44.5. The van der Waals surface area contributed by atoms with Gasteiger partial charge in [0.05, 0.1) is 19.1 Å². The summed E-state index contributed by atoms with van der Waals surface area (Å²) in [5.74, 6) is -1.27. The number of hydrogen-bond acceptors (Lipinski definition) is 12. The van der Waals surface area contributed by atoms with Gasteiger partial charge in [-0.05, 0) is 77.3 Å². The largest absolute Gasteiger partial charge is 0.508 e. The normalized spacial score (nSPS) is 11.7. The van der Waals surface area contributed by atoms with Gasteiger partial charge in [-0.3, -0.25) is 14.4 Å². The number of nitrogens with one attached hydrogen (secondary N) is 1. The lowest BCUT2D eigenvalue weighted by atomic mass is 10.0. The van der Waals surface area contributed by atoms with Crippen LogP contribution in [0.15, 0.2) is 0 Å². The molecule has 1 N–H and O–H groups in total. The summed E-state index contributed by atoms with van der Waals surface area (Å²) in [4.78, 5) is 64.6. The first-order chi connectivity index (χ1) is 33.2. The Morgan fingerprint density at radius 3 is 1.40 bits per heavy atom. The van der Waals surface area contributed by atoms with E-state index < -0.39 is 24.1 Å². The highest BCUT2D eigenvalue weighted by atomic mass is 16.7. The zero-order chi connectivity index (χ0) is 50.0. The predicted molar refractivity (Wildman–Crippen MR) is 274 cm³/mol. The second kappa shape index (κ2) is 50.3. The summed E-state index contributed by atoms with van der Waals surface area (Å²) < 4.78 is 32.8. The molecule has 0 spiro atoms. The quantitative estimate of drug-likeness (QED) is 0.0350. The second-order valence-corrected chi connectivity index (χ2v) is 18.9. The van der Waals surface area contributed by atoms with Gasteiger partial charge in [-0.15, -0.1) is 0 Å². The van der Waals surface area contributed by atoms with Crippen LogP contribution >= 0.6 is 0 Å². The minimum Gasteiger partial charge on any atom is -0.466 e. The van der Waals surface area contributed by atoms with Gasteiger partial charge in [-0.1, -0.05) is 169 Å². The summed E-state index contributed by atoms with van der Waals surface area (Å²) in [6.07, 6.45) is 32.8. The molecule has 1 amide bonds. The number of nitrogens with zero attached hydrogens (tertiary/aromatic N) is 1. The van der Waals surface area contributed by atoms with Crippen molar-refractivity contribution in [2.24, 2.45) is 5.92 Å². The molecule has 0 rings (SSSR count). The van der Waals surface area contributed by atoms with Crippen molar-refractivity contribution >= 4 is 30.2 Å². The number of rotatable bonds is 50. The molecule has 0 aromatic carbocycles. The smallest absolute Gasteiger partial charge is 0.466 e. The van der Waals surface area contributed by atoms with E-state index in [9.17, 15) is 24.0 Å². The first kappa shape index (κ1) is 64.9. The summed E-state index contributed by atoms with van der Waals surface area (Å²) in [5.41, 5.74) is 0. The van der Waals surface area contributed by atoms with E-state index in [0.717, 1.165) is 90.3 Å². The molecule has 0 saturated carbocycles. The molecule has 0 saturated heterocycles. The van der Waals surface area contributed by atoms with Crippen molar-refractivity contribution in [1.82, 2.24) is 10.2 Å². The number of carbonyl (C=O) groups excluding carboxylic acids is 5. The average Bonchev–Trinajstić information content (AvgIpc) is 3.33. The van der Waals surface area contributed by atoms with Crippen LogP contribution in [-0.4, -0.2) is 100 Å². The van der Waals surface area contributed by atoms with Crippen LogP contribution in [0.4, 0.5) is 9.59 Å². The molecule has 13 nitrogen and oxygen atoms in total. The predicted octanol–water partition coefficient (Wildman–Crippen LogP) is 14.1. The SMILES string of the molecule is CCCCCCCCCCOC(=O)CCCCCC(=O)OCC(COC(=O)NCCCCCCCC(=O)OC(CCCCCCCC)CCCCCCCC)COC(=O)OCCCN(CC)CC. The van der Waals surface area contributed by atoms with Crippen molar-refractivity contribution in [2.75, 3.05) is 59.2 Å². The maximum atomic E-state index is 12.8. The Morgan fingerprint density at radius 2 is 0.838 bits per heavy atom. The first-order valence-corrected chi connectivity index (χ1v) is 28.1. The van der Waals surface area contributed by atoms with E-state index in [1.807, 2.05) is 0 Å². The van der Waals surface area contributed by atoms with Crippen LogP contribution in [0.1, 0.15) is 253 Å². The van der Waals surface area contributed by atoms with Crippen LogP contribution in [-0.2, 0) is 42.8 Å². The summed E-state index contributed by atoms with van der Waals surface area (Å²) >= 11 is 0. The molecule has 0 bridgehead atoms. The monoisotopic (exact) mass is 969 g/mol. The standard InChI is InChI=1S/C55H104N2O11/c1-6-11-14-17-20-21-27-35-44-63-51(58)39-32-28-33-40-52(59)65-46-49(48-67-55(62)64-45-36-43-57(9-4)10-5)47-66-54(61)56-42-34-26-22-25-31-41-53(60)68-50(37-29-23-18-15-12-7-2)38-30-24-19-16-13-8-3/h49-50H,6-48H2,1-5H3,(H,56,61). The van der Waals surface area contributed by atoms with Gasteiger partial charge in [0.25, 0.3) is 0 Å². The lowest BCUT2D eigenvalue weighted by Crippen LogP contribution is -2.31. The summed E-state index contributed by atoms with van der Waals surface area (Å²) in [6, 6.07) is 0. The first-order valence-electron chi connectivity index (χ1n) is 28.1. The van der Waals surface area contributed by atoms with Crippen LogP contribution in [0, 0.1) is 5.92 Å². The van der Waals surface area contributed by atoms with E-state index in [2.05, 4.69) is 44.8 Å². The molecule has 400 valence electrons. The van der Waals surface area contributed by atoms with Crippen molar-refractivity contribution in [3.8, 4) is 0 Å². The van der Waals surface area contributed by atoms with Crippen LogP contribution in [0.5, 0.6) is 0 Å². The van der Waals surface area contributed by atoms with Crippen molar-refractivity contribution in [1.29, 1.82) is 0 Å².